The lowest BCUT2D eigenvalue weighted by molar-refractivity contribution is -0.437. The van der Waals surface area contributed by atoms with Crippen LogP contribution >= 0.6 is 0 Å². The second kappa shape index (κ2) is 10.3. The highest BCUT2D eigenvalue weighted by molar-refractivity contribution is 5.89. The zero-order valence-corrected chi connectivity index (χ0v) is 27.5. The molecule has 3 aliphatic carbocycles. The molecular formula is C37H50O9. The number of aliphatic hydroxyl groups is 3. The van der Waals surface area contributed by atoms with Gasteiger partial charge in [0.15, 0.2) is 0 Å². The van der Waals surface area contributed by atoms with Gasteiger partial charge in [-0.1, -0.05) is 77.7 Å². The molecule has 3 N–H and O–H groups in total. The number of esters is 1. The van der Waals surface area contributed by atoms with Crippen molar-refractivity contribution in [3.8, 4) is 0 Å². The lowest BCUT2D eigenvalue weighted by atomic mass is 9.52. The first-order valence-electron chi connectivity index (χ1n) is 17.6. The minimum atomic E-state index is -2.00. The molecule has 3 bridgehead atoms. The lowest BCUT2D eigenvalue weighted by Crippen LogP contribution is -2.73. The molecule has 252 valence electrons. The van der Waals surface area contributed by atoms with Gasteiger partial charge in [-0.3, -0.25) is 0 Å². The fourth-order valence-corrected chi connectivity index (χ4v) is 11.6. The quantitative estimate of drug-likeness (QED) is 0.248. The molecule has 0 unspecified atom stereocenters. The molecule has 4 heterocycles. The maximum absolute atomic E-state index is 13.7. The molecule has 46 heavy (non-hydrogen) atoms. The van der Waals surface area contributed by atoms with Gasteiger partial charge in [0.05, 0.1) is 17.8 Å². The number of benzene rings is 1. The zero-order chi connectivity index (χ0) is 32.4. The molecule has 7 fully saturated rings. The van der Waals surface area contributed by atoms with Crippen LogP contribution in [0.5, 0.6) is 0 Å². The Morgan fingerprint density at radius 1 is 1.02 bits per heavy atom. The Balaban J connectivity index is 1.36. The number of hydrogen-bond donors (Lipinski definition) is 3. The SMILES string of the molecule is C=C(C)[C@]12C[C@@H](C)[C@@]34O[C@@]5(CCCCCCC[C@@H](C)[C@H]6[C@H](C)[C@H](OC(=O)c7ccccc7)[C@@](O)([C@H](O)[C@@]7(CO)O[C@H]7[C@H]3[C@H]1O5)[C@@H]64)O2. The van der Waals surface area contributed by atoms with Crippen LogP contribution in [0.3, 0.4) is 0 Å². The van der Waals surface area contributed by atoms with Crippen molar-refractivity contribution in [2.75, 3.05) is 6.61 Å². The molecule has 1 aromatic rings. The van der Waals surface area contributed by atoms with E-state index in [2.05, 4.69) is 20.4 Å². The van der Waals surface area contributed by atoms with Gasteiger partial charge in [0.25, 0.3) is 5.97 Å². The highest BCUT2D eigenvalue weighted by atomic mass is 16.9. The predicted molar refractivity (Wildman–Crippen MR) is 166 cm³/mol. The first kappa shape index (κ1) is 31.4. The van der Waals surface area contributed by atoms with Crippen LogP contribution < -0.4 is 0 Å². The molecule has 2 spiro atoms. The molecule has 4 aliphatic heterocycles. The third-order valence-electron chi connectivity index (χ3n) is 13.6. The van der Waals surface area contributed by atoms with Crippen LogP contribution in [0.1, 0.15) is 89.4 Å². The third-order valence-corrected chi connectivity index (χ3v) is 13.6. The number of fused-ring (bicyclic) bond motifs is 1. The van der Waals surface area contributed by atoms with Crippen molar-refractivity contribution in [1.29, 1.82) is 0 Å². The van der Waals surface area contributed by atoms with Gasteiger partial charge in [-0.15, -0.1) is 0 Å². The Labute approximate surface area is 271 Å². The van der Waals surface area contributed by atoms with E-state index in [1.165, 1.54) is 0 Å². The predicted octanol–water partition coefficient (Wildman–Crippen LogP) is 4.52. The van der Waals surface area contributed by atoms with E-state index < -0.39 is 77.2 Å². The zero-order valence-electron chi connectivity index (χ0n) is 27.5. The summed E-state index contributed by atoms with van der Waals surface area (Å²) in [5, 5.41) is 37.0. The van der Waals surface area contributed by atoms with E-state index in [0.29, 0.717) is 18.4 Å². The van der Waals surface area contributed by atoms with Crippen molar-refractivity contribution in [1.82, 2.24) is 0 Å². The van der Waals surface area contributed by atoms with Crippen LogP contribution in [0.25, 0.3) is 0 Å². The van der Waals surface area contributed by atoms with Gasteiger partial charge in [-0.25, -0.2) is 4.79 Å². The standard InChI is InChI=1S/C37H50O9/c1-20(2)33-18-22(4)37-26-29(33)44-35(45-33,46-37)17-13-8-6-7-10-14-21(3)25-23(5)28(42-31(39)24-15-11-9-12-16-24)36(41,27(25)37)32(40)34(19-38)30(26)43-34/h9,11-12,15-16,21-23,25-30,32,38,40-41H,1,6-8,10,13-14,17-19H2,2-5H3/t21-,22-,23+,25+,26-,27-,28+,29-,30+,32-,33-,34+,35-,36-,37-/m1/s1. The highest BCUT2D eigenvalue weighted by Crippen LogP contribution is 2.75. The Hall–Kier alpha value is -1.85. The molecule has 0 aromatic heterocycles. The minimum absolute atomic E-state index is 0.122. The summed E-state index contributed by atoms with van der Waals surface area (Å²) in [7, 11) is 0. The van der Waals surface area contributed by atoms with Crippen LogP contribution in [0.4, 0.5) is 0 Å². The Kier molecular flexibility index (Phi) is 7.06. The summed E-state index contributed by atoms with van der Waals surface area (Å²) in [6, 6.07) is 8.76. The summed E-state index contributed by atoms with van der Waals surface area (Å²) in [6.07, 6.45) is 3.37. The topological polar surface area (TPSA) is 127 Å². The van der Waals surface area contributed by atoms with E-state index in [4.69, 9.17) is 23.7 Å². The number of carbonyl (C=O) groups is 1. The van der Waals surface area contributed by atoms with Gasteiger partial charge in [-0.05, 0) is 61.1 Å². The molecular weight excluding hydrogens is 588 g/mol. The molecule has 0 amide bonds. The summed E-state index contributed by atoms with van der Waals surface area (Å²) in [6.45, 7) is 12.3. The van der Waals surface area contributed by atoms with Gasteiger partial charge in [0, 0.05) is 18.3 Å². The van der Waals surface area contributed by atoms with E-state index >= 15 is 0 Å². The molecule has 3 saturated carbocycles. The van der Waals surface area contributed by atoms with Crippen molar-refractivity contribution in [2.24, 2.45) is 35.5 Å². The highest BCUT2D eigenvalue weighted by Gasteiger charge is 2.90. The second-order valence-corrected chi connectivity index (χ2v) is 15.9. The first-order valence-corrected chi connectivity index (χ1v) is 17.6. The van der Waals surface area contributed by atoms with Crippen LogP contribution in [0, 0.1) is 35.5 Å². The number of epoxide rings is 1. The number of ether oxygens (including phenoxy) is 5. The first-order chi connectivity index (χ1) is 21.9. The van der Waals surface area contributed by atoms with Crippen LogP contribution in [-0.2, 0) is 23.7 Å². The molecule has 4 saturated heterocycles. The molecule has 8 rings (SSSR count). The average molecular weight is 639 g/mol. The maximum atomic E-state index is 13.7. The molecule has 15 atom stereocenters. The Morgan fingerprint density at radius 3 is 2.46 bits per heavy atom. The summed E-state index contributed by atoms with van der Waals surface area (Å²) < 4.78 is 34.2. The fraction of sp³-hybridized carbons (Fsp3) is 0.757. The van der Waals surface area contributed by atoms with Crippen LogP contribution in [-0.4, -0.2) is 80.7 Å². The van der Waals surface area contributed by atoms with E-state index in [1.807, 2.05) is 19.9 Å². The van der Waals surface area contributed by atoms with Gasteiger partial charge in [-0.2, -0.15) is 0 Å². The van der Waals surface area contributed by atoms with Crippen molar-refractivity contribution in [3.05, 3.63) is 48.0 Å². The van der Waals surface area contributed by atoms with E-state index in [1.54, 1.807) is 24.3 Å². The summed E-state index contributed by atoms with van der Waals surface area (Å²) in [5.74, 6) is -3.61. The van der Waals surface area contributed by atoms with E-state index in [-0.39, 0.29) is 23.7 Å². The third kappa shape index (κ3) is 3.79. The van der Waals surface area contributed by atoms with Gasteiger partial charge in [0.1, 0.15) is 41.2 Å². The summed E-state index contributed by atoms with van der Waals surface area (Å²) in [5.41, 5.74) is -4.16. The normalized spacial score (nSPS) is 53.6. The van der Waals surface area contributed by atoms with Crippen molar-refractivity contribution in [2.45, 2.75) is 132 Å². The number of aliphatic hydroxyl groups excluding tert-OH is 2. The smallest absolute Gasteiger partial charge is 0.338 e. The van der Waals surface area contributed by atoms with Crippen LogP contribution in [0.2, 0.25) is 0 Å². The van der Waals surface area contributed by atoms with Crippen LogP contribution in [0.15, 0.2) is 42.5 Å². The fourth-order valence-electron chi connectivity index (χ4n) is 11.6. The van der Waals surface area contributed by atoms with Gasteiger partial charge < -0.3 is 39.0 Å². The summed E-state index contributed by atoms with van der Waals surface area (Å²) >= 11 is 0. The Bertz CT molecular complexity index is 1400. The minimum Gasteiger partial charge on any atom is -0.455 e. The second-order valence-electron chi connectivity index (χ2n) is 15.9. The van der Waals surface area contributed by atoms with Crippen molar-refractivity contribution < 1.29 is 43.8 Å². The number of rotatable bonds is 4. The largest absolute Gasteiger partial charge is 0.455 e. The molecule has 9 heteroatoms. The Morgan fingerprint density at radius 2 is 1.74 bits per heavy atom. The number of hydrogen-bond acceptors (Lipinski definition) is 9. The molecule has 9 nitrogen and oxygen atoms in total. The average Bonchev–Trinajstić information content (AvgIpc) is 3.67. The molecule has 7 aliphatic rings. The lowest BCUT2D eigenvalue weighted by Gasteiger charge is -2.61. The van der Waals surface area contributed by atoms with E-state index in [0.717, 1.165) is 44.1 Å². The van der Waals surface area contributed by atoms with E-state index in [9.17, 15) is 20.1 Å². The molecule has 0 radical (unpaired) electrons. The molecule has 1 aromatic carbocycles. The maximum Gasteiger partial charge on any atom is 0.338 e. The van der Waals surface area contributed by atoms with Crippen molar-refractivity contribution >= 4 is 5.97 Å². The van der Waals surface area contributed by atoms with Gasteiger partial charge >= 0.3 is 5.97 Å². The van der Waals surface area contributed by atoms with Gasteiger partial charge in [0.2, 0.25) is 0 Å². The van der Waals surface area contributed by atoms with Crippen molar-refractivity contribution in [3.63, 3.8) is 0 Å². The number of carbonyl (C=O) groups excluding carboxylic acids is 1. The monoisotopic (exact) mass is 638 g/mol. The summed E-state index contributed by atoms with van der Waals surface area (Å²) in [4.78, 5) is 13.7.